The van der Waals surface area contributed by atoms with Gasteiger partial charge in [-0.05, 0) is 52.0 Å². The van der Waals surface area contributed by atoms with Crippen molar-refractivity contribution >= 4 is 0 Å². The third kappa shape index (κ3) is 2.42. The van der Waals surface area contributed by atoms with Gasteiger partial charge in [0.15, 0.2) is 5.82 Å². The van der Waals surface area contributed by atoms with Crippen LogP contribution in [0.3, 0.4) is 0 Å². The standard InChI is InChI=1S/C18H26N4O/c1-12-11-15(13(2)22(12)14-7-4-3-5-8-14)16-20-17(21-23-16)18(19)9-6-10-18/h11,14H,3-10,19H2,1-2H3. The molecule has 2 heterocycles. The van der Waals surface area contributed by atoms with Gasteiger partial charge in [-0.25, -0.2) is 0 Å². The lowest BCUT2D eigenvalue weighted by atomic mass is 9.77. The smallest absolute Gasteiger partial charge is 0.259 e. The molecular formula is C18H26N4O. The van der Waals surface area contributed by atoms with E-state index in [1.165, 1.54) is 43.5 Å². The van der Waals surface area contributed by atoms with Crippen LogP contribution in [0.1, 0.15) is 74.6 Å². The predicted molar refractivity (Wildman–Crippen MR) is 89.0 cm³/mol. The Hall–Kier alpha value is -1.62. The molecule has 2 fully saturated rings. The maximum Gasteiger partial charge on any atom is 0.259 e. The van der Waals surface area contributed by atoms with E-state index in [-0.39, 0.29) is 5.54 Å². The molecule has 2 aromatic rings. The van der Waals surface area contributed by atoms with Crippen LogP contribution in [0.5, 0.6) is 0 Å². The molecule has 0 bridgehead atoms. The molecule has 4 rings (SSSR count). The lowest BCUT2D eigenvalue weighted by Crippen LogP contribution is -2.44. The van der Waals surface area contributed by atoms with Crippen molar-refractivity contribution in [1.82, 2.24) is 14.7 Å². The van der Waals surface area contributed by atoms with Crippen LogP contribution >= 0.6 is 0 Å². The van der Waals surface area contributed by atoms with Gasteiger partial charge in [-0.1, -0.05) is 24.4 Å². The second-order valence-corrected chi connectivity index (χ2v) is 7.38. The van der Waals surface area contributed by atoms with Crippen LogP contribution in [0, 0.1) is 13.8 Å². The number of hydrogen-bond donors (Lipinski definition) is 1. The normalized spacial score (nSPS) is 21.3. The van der Waals surface area contributed by atoms with E-state index < -0.39 is 0 Å². The van der Waals surface area contributed by atoms with Crippen LogP contribution < -0.4 is 5.73 Å². The third-order valence-corrected chi connectivity index (χ3v) is 5.77. The highest BCUT2D eigenvalue weighted by atomic mass is 16.5. The van der Waals surface area contributed by atoms with Crippen molar-refractivity contribution in [2.45, 2.75) is 76.8 Å². The first-order valence-corrected chi connectivity index (χ1v) is 8.90. The van der Waals surface area contributed by atoms with Crippen LogP contribution in [0.2, 0.25) is 0 Å². The average Bonchev–Trinajstić information content (AvgIpc) is 3.11. The number of aromatic nitrogens is 3. The predicted octanol–water partition coefficient (Wildman–Crippen LogP) is 4.00. The van der Waals surface area contributed by atoms with Gasteiger partial charge in [-0.3, -0.25) is 0 Å². The maximum atomic E-state index is 6.32. The van der Waals surface area contributed by atoms with E-state index in [2.05, 4.69) is 34.6 Å². The van der Waals surface area contributed by atoms with Gasteiger partial charge < -0.3 is 14.8 Å². The zero-order valence-corrected chi connectivity index (χ0v) is 14.1. The lowest BCUT2D eigenvalue weighted by Gasteiger charge is -2.34. The first kappa shape index (κ1) is 14.9. The Bertz CT molecular complexity index is 705. The summed E-state index contributed by atoms with van der Waals surface area (Å²) in [5.41, 5.74) is 9.54. The Balaban J connectivity index is 1.67. The minimum absolute atomic E-state index is 0.364. The highest BCUT2D eigenvalue weighted by molar-refractivity contribution is 5.58. The second kappa shape index (κ2) is 5.48. The summed E-state index contributed by atoms with van der Waals surface area (Å²) in [6.07, 6.45) is 9.63. The molecule has 0 unspecified atom stereocenters. The molecule has 2 aliphatic carbocycles. The van der Waals surface area contributed by atoms with E-state index in [9.17, 15) is 0 Å². The summed E-state index contributed by atoms with van der Waals surface area (Å²) in [5, 5.41) is 4.16. The highest BCUT2D eigenvalue weighted by Crippen LogP contribution is 2.39. The van der Waals surface area contributed by atoms with Crippen molar-refractivity contribution < 1.29 is 4.52 Å². The fraction of sp³-hybridized carbons (Fsp3) is 0.667. The molecule has 23 heavy (non-hydrogen) atoms. The zero-order chi connectivity index (χ0) is 16.0. The molecule has 5 nitrogen and oxygen atoms in total. The van der Waals surface area contributed by atoms with Gasteiger partial charge in [-0.2, -0.15) is 4.98 Å². The molecule has 2 aromatic heterocycles. The molecule has 5 heteroatoms. The van der Waals surface area contributed by atoms with Crippen molar-refractivity contribution in [2.24, 2.45) is 5.73 Å². The molecule has 2 aliphatic rings. The van der Waals surface area contributed by atoms with Crippen LogP contribution in [-0.4, -0.2) is 14.7 Å². The Morgan fingerprint density at radius 3 is 2.57 bits per heavy atom. The first-order chi connectivity index (χ1) is 11.1. The molecular weight excluding hydrogens is 288 g/mol. The van der Waals surface area contributed by atoms with E-state index in [1.54, 1.807) is 0 Å². The number of hydrogen-bond acceptors (Lipinski definition) is 4. The summed E-state index contributed by atoms with van der Waals surface area (Å²) in [4.78, 5) is 4.62. The van der Waals surface area contributed by atoms with Crippen molar-refractivity contribution in [3.8, 4) is 11.5 Å². The summed E-state index contributed by atoms with van der Waals surface area (Å²) < 4.78 is 8.03. The number of nitrogens with two attached hydrogens (primary N) is 1. The van der Waals surface area contributed by atoms with E-state index in [0.717, 1.165) is 24.8 Å². The van der Waals surface area contributed by atoms with Crippen molar-refractivity contribution in [3.63, 3.8) is 0 Å². The van der Waals surface area contributed by atoms with Crippen molar-refractivity contribution in [1.29, 1.82) is 0 Å². The van der Waals surface area contributed by atoms with Crippen molar-refractivity contribution in [3.05, 3.63) is 23.3 Å². The van der Waals surface area contributed by atoms with Gasteiger partial charge in [0.25, 0.3) is 5.89 Å². The molecule has 0 aliphatic heterocycles. The van der Waals surface area contributed by atoms with Gasteiger partial charge >= 0.3 is 0 Å². The van der Waals surface area contributed by atoms with Gasteiger partial charge in [0.2, 0.25) is 0 Å². The molecule has 2 N–H and O–H groups in total. The molecule has 0 saturated heterocycles. The Morgan fingerprint density at radius 1 is 1.17 bits per heavy atom. The van der Waals surface area contributed by atoms with E-state index >= 15 is 0 Å². The second-order valence-electron chi connectivity index (χ2n) is 7.38. The minimum Gasteiger partial charge on any atom is -0.345 e. The summed E-state index contributed by atoms with van der Waals surface area (Å²) in [5.74, 6) is 1.29. The summed E-state index contributed by atoms with van der Waals surface area (Å²) in [6.45, 7) is 4.35. The van der Waals surface area contributed by atoms with Crippen LogP contribution in [0.4, 0.5) is 0 Å². The Kier molecular flexibility index (Phi) is 3.56. The zero-order valence-electron chi connectivity index (χ0n) is 14.1. The van der Waals surface area contributed by atoms with E-state index in [4.69, 9.17) is 10.3 Å². The monoisotopic (exact) mass is 314 g/mol. The van der Waals surface area contributed by atoms with Gasteiger partial charge in [0.1, 0.15) is 0 Å². The molecule has 0 radical (unpaired) electrons. The van der Waals surface area contributed by atoms with Crippen LogP contribution in [0.15, 0.2) is 10.6 Å². The van der Waals surface area contributed by atoms with Crippen molar-refractivity contribution in [2.75, 3.05) is 0 Å². The number of nitrogens with zero attached hydrogens (tertiary/aromatic N) is 3. The van der Waals surface area contributed by atoms with E-state index in [0.29, 0.717) is 17.8 Å². The van der Waals surface area contributed by atoms with E-state index in [1.807, 2.05) is 0 Å². The molecule has 0 spiro atoms. The third-order valence-electron chi connectivity index (χ3n) is 5.77. The fourth-order valence-corrected chi connectivity index (χ4v) is 4.21. The molecule has 124 valence electrons. The fourth-order valence-electron chi connectivity index (χ4n) is 4.21. The Morgan fingerprint density at radius 2 is 1.91 bits per heavy atom. The molecule has 0 atom stereocenters. The van der Waals surface area contributed by atoms with Gasteiger partial charge in [0.05, 0.1) is 11.1 Å². The molecule has 0 aromatic carbocycles. The first-order valence-electron chi connectivity index (χ1n) is 8.90. The van der Waals surface area contributed by atoms with Gasteiger partial charge in [-0.15, -0.1) is 0 Å². The Labute approximate surface area is 137 Å². The summed E-state index contributed by atoms with van der Waals surface area (Å²) in [6, 6.07) is 2.80. The van der Waals surface area contributed by atoms with Crippen LogP contribution in [-0.2, 0) is 5.54 Å². The largest absolute Gasteiger partial charge is 0.345 e. The SMILES string of the molecule is Cc1cc(-c2nc(C3(N)CCC3)no2)c(C)n1C1CCCCC1. The molecule has 2 saturated carbocycles. The number of rotatable bonds is 3. The lowest BCUT2D eigenvalue weighted by molar-refractivity contribution is 0.229. The van der Waals surface area contributed by atoms with Crippen LogP contribution in [0.25, 0.3) is 11.5 Å². The summed E-state index contributed by atoms with van der Waals surface area (Å²) in [7, 11) is 0. The summed E-state index contributed by atoms with van der Waals surface area (Å²) >= 11 is 0. The highest BCUT2D eigenvalue weighted by Gasteiger charge is 2.39. The number of aryl methyl sites for hydroxylation is 1. The van der Waals surface area contributed by atoms with Gasteiger partial charge in [0, 0.05) is 17.4 Å². The topological polar surface area (TPSA) is 69.9 Å². The average molecular weight is 314 g/mol. The minimum atomic E-state index is -0.364. The maximum absolute atomic E-state index is 6.32. The molecule has 0 amide bonds. The quantitative estimate of drug-likeness (QED) is 0.929.